The van der Waals surface area contributed by atoms with E-state index in [0.29, 0.717) is 12.5 Å². The molecule has 3 atom stereocenters. The van der Waals surface area contributed by atoms with E-state index in [1.54, 1.807) is 0 Å². The van der Waals surface area contributed by atoms with Crippen molar-refractivity contribution in [2.45, 2.75) is 59.5 Å². The van der Waals surface area contributed by atoms with E-state index in [2.05, 4.69) is 27.7 Å². The molecule has 1 fully saturated rings. The Bertz CT molecular complexity index is 215. The van der Waals surface area contributed by atoms with Crippen molar-refractivity contribution < 1.29 is 5.11 Å². The van der Waals surface area contributed by atoms with E-state index >= 15 is 0 Å². The van der Waals surface area contributed by atoms with Crippen molar-refractivity contribution >= 4 is 0 Å². The van der Waals surface area contributed by atoms with Gasteiger partial charge >= 0.3 is 0 Å². The van der Waals surface area contributed by atoms with E-state index in [1.807, 2.05) is 0 Å². The normalized spacial score (nSPS) is 36.8. The molecule has 0 amide bonds. The van der Waals surface area contributed by atoms with Crippen molar-refractivity contribution in [3.63, 3.8) is 0 Å². The van der Waals surface area contributed by atoms with E-state index in [-0.39, 0.29) is 16.9 Å². The molecule has 1 rings (SSSR count). The Balaban J connectivity index is 2.78. The largest absolute Gasteiger partial charge is 0.392 e. The molecule has 0 heterocycles. The lowest BCUT2D eigenvalue weighted by Crippen LogP contribution is -2.43. The first-order valence-electron chi connectivity index (χ1n) is 6.26. The molecule has 1 aliphatic rings. The highest BCUT2D eigenvalue weighted by Gasteiger charge is 2.50. The van der Waals surface area contributed by atoms with Gasteiger partial charge in [0.2, 0.25) is 0 Å². The SMILES string of the molecule is CCC(C)CC1(CN)CCC(C)(C)C1O. The van der Waals surface area contributed by atoms with Gasteiger partial charge in [-0.05, 0) is 30.6 Å². The van der Waals surface area contributed by atoms with Crippen LogP contribution in [0.1, 0.15) is 53.4 Å². The fourth-order valence-electron chi connectivity index (χ4n) is 3.02. The van der Waals surface area contributed by atoms with Gasteiger partial charge in [-0.1, -0.05) is 34.1 Å². The molecule has 1 aliphatic carbocycles. The van der Waals surface area contributed by atoms with Gasteiger partial charge in [-0.15, -0.1) is 0 Å². The highest BCUT2D eigenvalue weighted by Crippen LogP contribution is 2.51. The van der Waals surface area contributed by atoms with Gasteiger partial charge in [0.15, 0.2) is 0 Å². The third-order valence-electron chi connectivity index (χ3n) is 4.45. The summed E-state index contributed by atoms with van der Waals surface area (Å²) in [4.78, 5) is 0. The average Bonchev–Trinajstić information content (AvgIpc) is 2.43. The maximum absolute atomic E-state index is 10.4. The highest BCUT2D eigenvalue weighted by atomic mass is 16.3. The molecule has 0 aliphatic heterocycles. The van der Waals surface area contributed by atoms with Crippen molar-refractivity contribution in [1.29, 1.82) is 0 Å². The van der Waals surface area contributed by atoms with Crippen molar-refractivity contribution in [2.75, 3.05) is 6.54 Å². The number of hydrogen-bond donors (Lipinski definition) is 2. The topological polar surface area (TPSA) is 46.2 Å². The predicted molar refractivity (Wildman–Crippen MR) is 64.6 cm³/mol. The number of aliphatic hydroxyl groups excluding tert-OH is 1. The molecule has 2 nitrogen and oxygen atoms in total. The van der Waals surface area contributed by atoms with Gasteiger partial charge < -0.3 is 10.8 Å². The van der Waals surface area contributed by atoms with E-state index in [1.165, 1.54) is 6.42 Å². The maximum Gasteiger partial charge on any atom is 0.0659 e. The molecular weight excluding hydrogens is 186 g/mol. The summed E-state index contributed by atoms with van der Waals surface area (Å²) in [7, 11) is 0. The van der Waals surface area contributed by atoms with Gasteiger partial charge in [0.1, 0.15) is 0 Å². The number of nitrogens with two attached hydrogens (primary N) is 1. The summed E-state index contributed by atoms with van der Waals surface area (Å²) < 4.78 is 0. The molecule has 2 heteroatoms. The standard InChI is InChI=1S/C13H27NO/c1-5-10(2)8-13(9-14)7-6-12(3,4)11(13)15/h10-11,15H,5-9,14H2,1-4H3. The summed E-state index contributed by atoms with van der Waals surface area (Å²) in [6, 6.07) is 0. The van der Waals surface area contributed by atoms with Crippen LogP contribution in [0, 0.1) is 16.7 Å². The van der Waals surface area contributed by atoms with Gasteiger partial charge in [-0.2, -0.15) is 0 Å². The van der Waals surface area contributed by atoms with Crippen LogP contribution in [0.2, 0.25) is 0 Å². The summed E-state index contributed by atoms with van der Waals surface area (Å²) in [5, 5.41) is 10.4. The van der Waals surface area contributed by atoms with Gasteiger partial charge in [0.25, 0.3) is 0 Å². The van der Waals surface area contributed by atoms with Crippen LogP contribution in [-0.4, -0.2) is 17.8 Å². The number of hydrogen-bond acceptors (Lipinski definition) is 2. The Kier molecular flexibility index (Phi) is 3.83. The van der Waals surface area contributed by atoms with Crippen molar-refractivity contribution in [3.8, 4) is 0 Å². The van der Waals surface area contributed by atoms with E-state index < -0.39 is 0 Å². The lowest BCUT2D eigenvalue weighted by atomic mass is 9.72. The monoisotopic (exact) mass is 213 g/mol. The Morgan fingerprint density at radius 3 is 2.33 bits per heavy atom. The lowest BCUT2D eigenvalue weighted by molar-refractivity contribution is -0.0162. The molecule has 0 aromatic carbocycles. The zero-order chi connectivity index (χ0) is 11.7. The summed E-state index contributed by atoms with van der Waals surface area (Å²) in [6.07, 6.45) is 4.20. The smallest absolute Gasteiger partial charge is 0.0659 e. The van der Waals surface area contributed by atoms with Crippen LogP contribution in [0.5, 0.6) is 0 Å². The minimum absolute atomic E-state index is 0.0150. The average molecular weight is 213 g/mol. The fourth-order valence-corrected chi connectivity index (χ4v) is 3.02. The van der Waals surface area contributed by atoms with E-state index in [9.17, 15) is 5.11 Å². The number of aliphatic hydroxyl groups is 1. The summed E-state index contributed by atoms with van der Waals surface area (Å²) in [5.74, 6) is 0.664. The molecule has 1 saturated carbocycles. The van der Waals surface area contributed by atoms with Crippen molar-refractivity contribution in [1.82, 2.24) is 0 Å². The van der Waals surface area contributed by atoms with Crippen LogP contribution >= 0.6 is 0 Å². The van der Waals surface area contributed by atoms with Crippen molar-refractivity contribution in [2.24, 2.45) is 22.5 Å². The lowest BCUT2D eigenvalue weighted by Gasteiger charge is -2.37. The molecular formula is C13H27NO. The molecule has 0 saturated heterocycles. The van der Waals surface area contributed by atoms with E-state index in [0.717, 1.165) is 19.3 Å². The van der Waals surface area contributed by atoms with E-state index in [4.69, 9.17) is 5.73 Å². The first-order valence-corrected chi connectivity index (χ1v) is 6.26. The minimum Gasteiger partial charge on any atom is -0.392 e. The Morgan fingerprint density at radius 2 is 2.00 bits per heavy atom. The first-order chi connectivity index (χ1) is 6.88. The first kappa shape index (κ1) is 13.0. The van der Waals surface area contributed by atoms with Crippen LogP contribution in [0.25, 0.3) is 0 Å². The van der Waals surface area contributed by atoms with Crippen LogP contribution in [-0.2, 0) is 0 Å². The molecule has 90 valence electrons. The maximum atomic E-state index is 10.4. The molecule has 0 radical (unpaired) electrons. The molecule has 3 N–H and O–H groups in total. The zero-order valence-electron chi connectivity index (χ0n) is 10.7. The second-order valence-electron chi connectivity index (χ2n) is 6.18. The molecule has 0 aromatic heterocycles. The Labute approximate surface area is 94.2 Å². The van der Waals surface area contributed by atoms with Gasteiger partial charge in [0.05, 0.1) is 6.10 Å². The van der Waals surface area contributed by atoms with Crippen molar-refractivity contribution in [3.05, 3.63) is 0 Å². The second-order valence-corrected chi connectivity index (χ2v) is 6.18. The quantitative estimate of drug-likeness (QED) is 0.754. The van der Waals surface area contributed by atoms with Crippen LogP contribution in [0.4, 0.5) is 0 Å². The number of rotatable bonds is 4. The molecule has 0 bridgehead atoms. The third-order valence-corrected chi connectivity index (χ3v) is 4.45. The third kappa shape index (κ3) is 2.36. The van der Waals surface area contributed by atoms with Crippen LogP contribution < -0.4 is 5.73 Å². The van der Waals surface area contributed by atoms with Gasteiger partial charge in [-0.25, -0.2) is 0 Å². The zero-order valence-corrected chi connectivity index (χ0v) is 10.7. The predicted octanol–water partition coefficient (Wildman–Crippen LogP) is 2.55. The Morgan fingerprint density at radius 1 is 1.40 bits per heavy atom. The molecule has 0 spiro atoms. The van der Waals surface area contributed by atoms with Gasteiger partial charge in [-0.3, -0.25) is 0 Å². The summed E-state index contributed by atoms with van der Waals surface area (Å²) in [6.45, 7) is 9.41. The van der Waals surface area contributed by atoms with Crippen LogP contribution in [0.15, 0.2) is 0 Å². The van der Waals surface area contributed by atoms with Crippen LogP contribution in [0.3, 0.4) is 0 Å². The highest BCUT2D eigenvalue weighted by molar-refractivity contribution is 5.02. The van der Waals surface area contributed by atoms with Gasteiger partial charge in [0, 0.05) is 12.0 Å². The summed E-state index contributed by atoms with van der Waals surface area (Å²) in [5.41, 5.74) is 5.96. The minimum atomic E-state index is -0.232. The summed E-state index contributed by atoms with van der Waals surface area (Å²) >= 11 is 0. The molecule has 15 heavy (non-hydrogen) atoms. The molecule has 3 unspecified atom stereocenters. The second kappa shape index (κ2) is 4.42. The fraction of sp³-hybridized carbons (Fsp3) is 1.00. The Hall–Kier alpha value is -0.0800. The molecule has 0 aromatic rings.